The molecule has 134 valence electrons. The maximum absolute atomic E-state index is 12.3. The number of hydrogen-bond acceptors (Lipinski definition) is 3. The summed E-state index contributed by atoms with van der Waals surface area (Å²) >= 11 is 0. The lowest BCUT2D eigenvalue weighted by Gasteiger charge is -2.25. The average Bonchev–Trinajstić information content (AvgIpc) is 2.50. The number of hydrogen-bond donors (Lipinski definition) is 2. The fraction of sp³-hybridized carbons (Fsp3) is 0.579. The quantitative estimate of drug-likeness (QED) is 0.728. The summed E-state index contributed by atoms with van der Waals surface area (Å²) in [6.07, 6.45) is 0.0358. The van der Waals surface area contributed by atoms with Crippen molar-refractivity contribution in [2.45, 2.75) is 46.1 Å². The van der Waals surface area contributed by atoms with Crippen LogP contribution in [0, 0.1) is 5.92 Å². The molecule has 1 unspecified atom stereocenters. The summed E-state index contributed by atoms with van der Waals surface area (Å²) in [5.74, 6) is -0.195. The van der Waals surface area contributed by atoms with Crippen molar-refractivity contribution in [3.8, 4) is 0 Å². The number of likely N-dealkylation sites (N-methyl/N-ethyl adjacent to an activating group) is 1. The van der Waals surface area contributed by atoms with Gasteiger partial charge in [0, 0.05) is 6.54 Å². The van der Waals surface area contributed by atoms with Crippen LogP contribution in [-0.4, -0.2) is 42.0 Å². The largest absolute Gasteiger partial charge is 0.481 e. The van der Waals surface area contributed by atoms with E-state index in [0.29, 0.717) is 12.5 Å². The van der Waals surface area contributed by atoms with Gasteiger partial charge in [-0.25, -0.2) is 0 Å². The van der Waals surface area contributed by atoms with Gasteiger partial charge in [-0.2, -0.15) is 0 Å². The lowest BCUT2D eigenvalue weighted by atomic mass is 9.93. The van der Waals surface area contributed by atoms with Crippen molar-refractivity contribution in [1.82, 2.24) is 10.2 Å². The van der Waals surface area contributed by atoms with E-state index >= 15 is 0 Å². The van der Waals surface area contributed by atoms with Crippen molar-refractivity contribution in [2.24, 2.45) is 5.92 Å². The topological polar surface area (TPSA) is 69.6 Å². The molecule has 0 aliphatic heterocycles. The van der Waals surface area contributed by atoms with Gasteiger partial charge in [-0.05, 0) is 30.0 Å². The lowest BCUT2D eigenvalue weighted by molar-refractivity contribution is -0.137. The van der Waals surface area contributed by atoms with Gasteiger partial charge in [0.25, 0.3) is 0 Å². The first kappa shape index (κ1) is 20.2. The summed E-state index contributed by atoms with van der Waals surface area (Å²) in [6.45, 7) is 9.02. The Kier molecular flexibility index (Phi) is 7.92. The van der Waals surface area contributed by atoms with Crippen LogP contribution in [0.2, 0.25) is 0 Å². The molecule has 0 bridgehead atoms. The van der Waals surface area contributed by atoms with E-state index in [1.165, 1.54) is 5.56 Å². The maximum atomic E-state index is 12.3. The zero-order valence-corrected chi connectivity index (χ0v) is 15.4. The number of carboxylic acids is 1. The van der Waals surface area contributed by atoms with Crippen LogP contribution in [0.1, 0.15) is 57.2 Å². The molecule has 1 rings (SSSR count). The fourth-order valence-electron chi connectivity index (χ4n) is 2.55. The highest BCUT2D eigenvalue weighted by Gasteiger charge is 2.19. The van der Waals surface area contributed by atoms with Gasteiger partial charge in [-0.3, -0.25) is 14.5 Å². The molecule has 1 aromatic rings. The Morgan fingerprint density at radius 3 is 2.08 bits per heavy atom. The van der Waals surface area contributed by atoms with Gasteiger partial charge in [-0.15, -0.1) is 0 Å². The van der Waals surface area contributed by atoms with Crippen LogP contribution in [0.3, 0.4) is 0 Å². The van der Waals surface area contributed by atoms with E-state index in [-0.39, 0.29) is 30.8 Å². The Morgan fingerprint density at radius 2 is 1.62 bits per heavy atom. The minimum atomic E-state index is -0.854. The molecule has 0 aliphatic rings. The van der Waals surface area contributed by atoms with Gasteiger partial charge < -0.3 is 10.4 Å². The third kappa shape index (κ3) is 6.71. The molecule has 0 aliphatic carbocycles. The van der Waals surface area contributed by atoms with Gasteiger partial charge in [0.1, 0.15) is 0 Å². The first-order chi connectivity index (χ1) is 11.2. The zero-order chi connectivity index (χ0) is 18.3. The summed E-state index contributed by atoms with van der Waals surface area (Å²) < 4.78 is 0. The molecule has 0 saturated heterocycles. The molecule has 0 fully saturated rings. The van der Waals surface area contributed by atoms with Crippen LogP contribution in [0.4, 0.5) is 0 Å². The fourth-order valence-corrected chi connectivity index (χ4v) is 2.55. The van der Waals surface area contributed by atoms with Crippen molar-refractivity contribution in [3.63, 3.8) is 0 Å². The second kappa shape index (κ2) is 9.42. The molecule has 5 nitrogen and oxygen atoms in total. The molecule has 1 aromatic carbocycles. The SMILES string of the molecule is CC(C)c1ccc(C(NC(=O)CN(C)CCC(=O)O)C(C)C)cc1. The number of benzene rings is 1. The number of nitrogens with zero attached hydrogens (tertiary/aromatic N) is 1. The lowest BCUT2D eigenvalue weighted by Crippen LogP contribution is -2.39. The molecule has 24 heavy (non-hydrogen) atoms. The zero-order valence-electron chi connectivity index (χ0n) is 15.4. The highest BCUT2D eigenvalue weighted by Crippen LogP contribution is 2.24. The summed E-state index contributed by atoms with van der Waals surface area (Å²) in [5, 5.41) is 11.8. The second-order valence-electron chi connectivity index (χ2n) is 6.99. The third-order valence-corrected chi connectivity index (χ3v) is 4.07. The van der Waals surface area contributed by atoms with Crippen molar-refractivity contribution in [1.29, 1.82) is 0 Å². The molecule has 2 N–H and O–H groups in total. The molecule has 0 saturated carbocycles. The van der Waals surface area contributed by atoms with Crippen LogP contribution in [-0.2, 0) is 9.59 Å². The summed E-state index contributed by atoms with van der Waals surface area (Å²) in [7, 11) is 1.75. The van der Waals surface area contributed by atoms with Crippen LogP contribution in [0.5, 0.6) is 0 Å². The van der Waals surface area contributed by atoms with Crippen LogP contribution >= 0.6 is 0 Å². The number of rotatable bonds is 9. The van der Waals surface area contributed by atoms with Crippen LogP contribution in [0.25, 0.3) is 0 Å². The van der Waals surface area contributed by atoms with Gasteiger partial charge in [0.2, 0.25) is 5.91 Å². The monoisotopic (exact) mass is 334 g/mol. The minimum Gasteiger partial charge on any atom is -0.481 e. The van der Waals surface area contributed by atoms with E-state index in [0.717, 1.165) is 5.56 Å². The molecule has 5 heteroatoms. The van der Waals surface area contributed by atoms with E-state index in [2.05, 4.69) is 57.3 Å². The summed E-state index contributed by atoms with van der Waals surface area (Å²) in [6, 6.07) is 8.33. The maximum Gasteiger partial charge on any atom is 0.304 e. The predicted molar refractivity (Wildman–Crippen MR) is 96.0 cm³/mol. The first-order valence-electron chi connectivity index (χ1n) is 8.50. The van der Waals surface area contributed by atoms with E-state index < -0.39 is 5.97 Å². The molecular formula is C19H30N2O3. The first-order valence-corrected chi connectivity index (χ1v) is 8.50. The smallest absolute Gasteiger partial charge is 0.304 e. The Labute approximate surface area is 145 Å². The minimum absolute atomic E-state index is 0.0358. The number of carbonyl (C=O) groups excluding carboxylic acids is 1. The van der Waals surface area contributed by atoms with Gasteiger partial charge >= 0.3 is 5.97 Å². The highest BCUT2D eigenvalue weighted by molar-refractivity contribution is 5.78. The van der Waals surface area contributed by atoms with Crippen molar-refractivity contribution >= 4 is 11.9 Å². The van der Waals surface area contributed by atoms with Crippen molar-refractivity contribution in [2.75, 3.05) is 20.1 Å². The van der Waals surface area contributed by atoms with Crippen molar-refractivity contribution < 1.29 is 14.7 Å². The molecule has 1 atom stereocenters. The van der Waals surface area contributed by atoms with Gasteiger partial charge in [0.05, 0.1) is 19.0 Å². The molecular weight excluding hydrogens is 304 g/mol. The molecule has 0 aromatic heterocycles. The second-order valence-corrected chi connectivity index (χ2v) is 6.99. The number of nitrogens with one attached hydrogen (secondary N) is 1. The van der Waals surface area contributed by atoms with Crippen LogP contribution in [0.15, 0.2) is 24.3 Å². The molecule has 1 amide bonds. The van der Waals surface area contributed by atoms with Crippen molar-refractivity contribution in [3.05, 3.63) is 35.4 Å². The Bertz CT molecular complexity index is 538. The van der Waals surface area contributed by atoms with E-state index in [4.69, 9.17) is 5.11 Å². The van der Waals surface area contributed by atoms with Gasteiger partial charge in [-0.1, -0.05) is 52.0 Å². The standard InChI is InChI=1S/C19H30N2O3/c1-13(2)15-6-8-16(9-7-15)19(14(3)4)20-17(22)12-21(5)11-10-18(23)24/h6-9,13-14,19H,10-12H2,1-5H3,(H,20,22)(H,23,24). The Balaban J connectivity index is 2.68. The normalized spacial score (nSPS) is 12.7. The third-order valence-electron chi connectivity index (χ3n) is 4.07. The average molecular weight is 334 g/mol. The predicted octanol–water partition coefficient (Wildman–Crippen LogP) is 3.03. The number of carboxylic acid groups (broad SMARTS) is 1. The van der Waals surface area contributed by atoms with Gasteiger partial charge in [0.15, 0.2) is 0 Å². The van der Waals surface area contributed by atoms with E-state index in [9.17, 15) is 9.59 Å². The molecule has 0 heterocycles. The van der Waals surface area contributed by atoms with Crippen LogP contribution < -0.4 is 5.32 Å². The number of carbonyl (C=O) groups is 2. The summed E-state index contributed by atoms with van der Waals surface area (Å²) in [4.78, 5) is 24.6. The molecule has 0 spiro atoms. The highest BCUT2D eigenvalue weighted by atomic mass is 16.4. The Hall–Kier alpha value is -1.88. The number of amides is 1. The van der Waals surface area contributed by atoms with E-state index in [1.807, 2.05) is 0 Å². The number of aliphatic carboxylic acids is 1. The Morgan fingerprint density at radius 1 is 1.08 bits per heavy atom. The molecule has 0 radical (unpaired) electrons. The summed E-state index contributed by atoms with van der Waals surface area (Å²) in [5.41, 5.74) is 2.37. The van der Waals surface area contributed by atoms with E-state index in [1.54, 1.807) is 11.9 Å².